The number of aryl methyl sites for hydroxylation is 1. The predicted molar refractivity (Wildman–Crippen MR) is 144 cm³/mol. The molecule has 5 heteroatoms. The van der Waals surface area contributed by atoms with Gasteiger partial charge in [-0.25, -0.2) is 13.2 Å². The summed E-state index contributed by atoms with van der Waals surface area (Å²) in [5.74, 6) is -0.105. The van der Waals surface area contributed by atoms with E-state index in [0.29, 0.717) is 18.4 Å². The van der Waals surface area contributed by atoms with Crippen molar-refractivity contribution in [1.82, 2.24) is 0 Å². The molecule has 1 nitrogen and oxygen atoms in total. The highest BCUT2D eigenvalue weighted by Gasteiger charge is 2.39. The third kappa shape index (κ3) is 5.77. The molecule has 3 aliphatic rings. The third-order valence-electron chi connectivity index (χ3n) is 10.1. The van der Waals surface area contributed by atoms with Gasteiger partial charge in [0.1, 0.15) is 0 Å². The monoisotopic (exact) mass is 530 g/mol. The van der Waals surface area contributed by atoms with Crippen LogP contribution in [0.3, 0.4) is 0 Å². The second-order valence-electron chi connectivity index (χ2n) is 12.5. The van der Waals surface area contributed by atoms with Gasteiger partial charge >= 0.3 is 0 Å². The summed E-state index contributed by atoms with van der Waals surface area (Å²) in [5, 5.41) is 0. The van der Waals surface area contributed by atoms with Crippen molar-refractivity contribution in [3.8, 4) is 16.9 Å². The molecule has 4 atom stereocenters. The van der Waals surface area contributed by atoms with Crippen molar-refractivity contribution in [1.29, 1.82) is 0 Å². The first-order chi connectivity index (χ1) is 18.4. The Labute approximate surface area is 225 Å². The molecule has 0 amide bonds. The zero-order valence-electron chi connectivity index (χ0n) is 22.9. The van der Waals surface area contributed by atoms with Gasteiger partial charge in [-0.3, -0.25) is 0 Å². The molecule has 0 heterocycles. The van der Waals surface area contributed by atoms with Crippen molar-refractivity contribution < 1.29 is 22.3 Å². The molecule has 0 aromatic heterocycles. The number of benzene rings is 2. The minimum atomic E-state index is -1.21. The van der Waals surface area contributed by atoms with Crippen LogP contribution in [-0.2, 0) is 0 Å². The summed E-state index contributed by atoms with van der Waals surface area (Å²) in [7, 11) is 0. The standard InChI is InChI=1S/C33H42F4O/c1-3-4-21-6-9-23(10-7-21)25-13-12-24-17-22(8-11-26(24)18-25)19-38-29-16-15-28(32(36)33(29)37)27-14-5-20(2)30(34)31(27)35/h5,14-16,21-26H,3-4,6-13,17-19H2,1-2H3. The van der Waals surface area contributed by atoms with Crippen molar-refractivity contribution in [2.24, 2.45) is 35.5 Å². The lowest BCUT2D eigenvalue weighted by Gasteiger charge is -2.45. The Morgan fingerprint density at radius 3 is 1.89 bits per heavy atom. The molecule has 0 bridgehead atoms. The molecule has 3 aliphatic carbocycles. The molecule has 2 aromatic rings. The quantitative estimate of drug-likeness (QED) is 0.324. The molecule has 0 aliphatic heterocycles. The SMILES string of the molecule is CCCC1CCC(C2CCC3CC(COc4ccc(-c5ccc(C)c(F)c5F)c(F)c4F)CCC3C2)CC1. The van der Waals surface area contributed by atoms with Crippen molar-refractivity contribution in [3.05, 3.63) is 53.1 Å². The van der Waals surface area contributed by atoms with Gasteiger partial charge in [-0.15, -0.1) is 0 Å². The summed E-state index contributed by atoms with van der Waals surface area (Å²) in [4.78, 5) is 0. The molecule has 2 aromatic carbocycles. The molecule has 38 heavy (non-hydrogen) atoms. The molecule has 3 fully saturated rings. The van der Waals surface area contributed by atoms with Gasteiger partial charge in [0.05, 0.1) is 6.61 Å². The first-order valence-electron chi connectivity index (χ1n) is 14.9. The zero-order chi connectivity index (χ0) is 26.8. The number of ether oxygens (including phenoxy) is 1. The van der Waals surface area contributed by atoms with Gasteiger partial charge in [0, 0.05) is 11.1 Å². The maximum Gasteiger partial charge on any atom is 0.201 e. The summed E-state index contributed by atoms with van der Waals surface area (Å²) < 4.78 is 63.8. The molecule has 0 radical (unpaired) electrons. The fraction of sp³-hybridized carbons (Fsp3) is 0.636. The van der Waals surface area contributed by atoms with Crippen LogP contribution in [0.15, 0.2) is 24.3 Å². The van der Waals surface area contributed by atoms with Crippen LogP contribution in [0.5, 0.6) is 5.75 Å². The average Bonchev–Trinajstić information content (AvgIpc) is 2.93. The van der Waals surface area contributed by atoms with Crippen molar-refractivity contribution in [3.63, 3.8) is 0 Å². The highest BCUT2D eigenvalue weighted by Crippen LogP contribution is 2.49. The van der Waals surface area contributed by atoms with Crippen LogP contribution in [0.2, 0.25) is 0 Å². The molecule has 208 valence electrons. The van der Waals surface area contributed by atoms with E-state index >= 15 is 0 Å². The van der Waals surface area contributed by atoms with Crippen LogP contribution in [0.1, 0.15) is 89.5 Å². The molecular formula is C33H42F4O. The van der Waals surface area contributed by atoms with E-state index in [1.165, 1.54) is 95.4 Å². The van der Waals surface area contributed by atoms with Gasteiger partial charge < -0.3 is 4.74 Å². The van der Waals surface area contributed by atoms with E-state index in [2.05, 4.69) is 6.92 Å². The Morgan fingerprint density at radius 1 is 0.632 bits per heavy atom. The Balaban J connectivity index is 1.14. The largest absolute Gasteiger partial charge is 0.490 e. The highest BCUT2D eigenvalue weighted by atomic mass is 19.2. The topological polar surface area (TPSA) is 9.23 Å². The number of fused-ring (bicyclic) bond motifs is 1. The maximum atomic E-state index is 14.9. The Hall–Kier alpha value is -2.04. The molecule has 5 rings (SSSR count). The predicted octanol–water partition coefficient (Wildman–Crippen LogP) is 10.0. The number of rotatable bonds is 7. The summed E-state index contributed by atoms with van der Waals surface area (Å²) in [5.41, 5.74) is -0.480. The van der Waals surface area contributed by atoms with E-state index in [9.17, 15) is 17.6 Å². The average molecular weight is 531 g/mol. The first-order valence-corrected chi connectivity index (χ1v) is 14.9. The smallest absolute Gasteiger partial charge is 0.201 e. The third-order valence-corrected chi connectivity index (χ3v) is 10.1. The lowest BCUT2D eigenvalue weighted by molar-refractivity contribution is 0.0478. The van der Waals surface area contributed by atoms with E-state index in [0.717, 1.165) is 36.5 Å². The van der Waals surface area contributed by atoms with Gasteiger partial charge in [-0.1, -0.05) is 44.7 Å². The summed E-state index contributed by atoms with van der Waals surface area (Å²) in [6.45, 7) is 4.09. The number of halogens is 4. The fourth-order valence-electron chi connectivity index (χ4n) is 7.87. The minimum absolute atomic E-state index is 0.116. The maximum absolute atomic E-state index is 14.9. The van der Waals surface area contributed by atoms with Gasteiger partial charge in [0.25, 0.3) is 0 Å². The van der Waals surface area contributed by atoms with Crippen LogP contribution < -0.4 is 4.74 Å². The molecule has 0 spiro atoms. The minimum Gasteiger partial charge on any atom is -0.490 e. The van der Waals surface area contributed by atoms with Crippen LogP contribution >= 0.6 is 0 Å². The Morgan fingerprint density at radius 2 is 1.18 bits per heavy atom. The van der Waals surface area contributed by atoms with E-state index in [1.807, 2.05) is 0 Å². The summed E-state index contributed by atoms with van der Waals surface area (Å²) >= 11 is 0. The van der Waals surface area contributed by atoms with Crippen molar-refractivity contribution in [2.45, 2.75) is 90.9 Å². The van der Waals surface area contributed by atoms with E-state index in [4.69, 9.17) is 4.74 Å². The lowest BCUT2D eigenvalue weighted by atomic mass is 9.61. The molecular weight excluding hydrogens is 488 g/mol. The second-order valence-corrected chi connectivity index (χ2v) is 12.5. The van der Waals surface area contributed by atoms with Crippen LogP contribution in [0.25, 0.3) is 11.1 Å². The molecule has 0 saturated heterocycles. The van der Waals surface area contributed by atoms with E-state index in [-0.39, 0.29) is 22.4 Å². The van der Waals surface area contributed by atoms with Crippen LogP contribution in [-0.4, -0.2) is 6.61 Å². The number of hydrogen-bond donors (Lipinski definition) is 0. The summed E-state index contributed by atoms with van der Waals surface area (Å²) in [6, 6.07) is 5.24. The number of hydrogen-bond acceptors (Lipinski definition) is 1. The van der Waals surface area contributed by atoms with Crippen LogP contribution in [0, 0.1) is 65.7 Å². The lowest BCUT2D eigenvalue weighted by Crippen LogP contribution is -2.35. The van der Waals surface area contributed by atoms with E-state index < -0.39 is 23.3 Å². The second kappa shape index (κ2) is 12.0. The molecule has 3 saturated carbocycles. The van der Waals surface area contributed by atoms with Gasteiger partial charge in [0.2, 0.25) is 5.82 Å². The van der Waals surface area contributed by atoms with Gasteiger partial charge in [-0.05, 0) is 111 Å². The van der Waals surface area contributed by atoms with Gasteiger partial charge in [0.15, 0.2) is 23.2 Å². The van der Waals surface area contributed by atoms with Crippen molar-refractivity contribution in [2.75, 3.05) is 6.61 Å². The fourth-order valence-corrected chi connectivity index (χ4v) is 7.87. The van der Waals surface area contributed by atoms with Crippen molar-refractivity contribution >= 4 is 0 Å². The molecule has 4 unspecified atom stereocenters. The Kier molecular flexibility index (Phi) is 8.69. The Bertz CT molecular complexity index is 1110. The summed E-state index contributed by atoms with van der Waals surface area (Å²) in [6.07, 6.45) is 15.8. The normalized spacial score (nSPS) is 29.6. The van der Waals surface area contributed by atoms with Gasteiger partial charge in [-0.2, -0.15) is 4.39 Å². The molecule has 0 N–H and O–H groups in total. The van der Waals surface area contributed by atoms with Crippen LogP contribution in [0.4, 0.5) is 17.6 Å². The van der Waals surface area contributed by atoms with E-state index in [1.54, 1.807) is 0 Å². The highest BCUT2D eigenvalue weighted by molar-refractivity contribution is 5.66. The zero-order valence-corrected chi connectivity index (χ0v) is 22.9. The first kappa shape index (κ1) is 27.5.